The first-order valence-corrected chi connectivity index (χ1v) is 12.3. The quantitative estimate of drug-likeness (QED) is 0.180. The number of nitro benzene ring substituents is 1. The minimum atomic E-state index is -0.417. The van der Waals surface area contributed by atoms with Crippen LogP contribution in [-0.4, -0.2) is 27.5 Å². The average molecular weight is 518 g/mol. The van der Waals surface area contributed by atoms with Crippen molar-refractivity contribution in [1.29, 1.82) is 0 Å². The molecular formula is C27H20ClN3O4S. The number of benzene rings is 3. The van der Waals surface area contributed by atoms with E-state index in [9.17, 15) is 14.9 Å². The second-order valence-corrected chi connectivity index (χ2v) is 9.58. The highest BCUT2D eigenvalue weighted by Crippen LogP contribution is 2.33. The van der Waals surface area contributed by atoms with Crippen LogP contribution >= 0.6 is 22.9 Å². The number of ether oxygens (including phenoxy) is 1. The lowest BCUT2D eigenvalue weighted by Gasteiger charge is -2.08. The van der Waals surface area contributed by atoms with Crippen LogP contribution in [0.1, 0.15) is 26.6 Å². The van der Waals surface area contributed by atoms with Gasteiger partial charge in [-0.25, -0.2) is 4.98 Å². The summed E-state index contributed by atoms with van der Waals surface area (Å²) in [5, 5.41) is 15.4. The molecule has 3 aromatic carbocycles. The Bertz CT molecular complexity index is 1620. The van der Waals surface area contributed by atoms with Crippen molar-refractivity contribution in [2.75, 3.05) is 7.11 Å². The molecule has 0 N–H and O–H groups in total. The van der Waals surface area contributed by atoms with E-state index >= 15 is 0 Å². The van der Waals surface area contributed by atoms with Gasteiger partial charge in [0.25, 0.3) is 11.6 Å². The lowest BCUT2D eigenvalue weighted by molar-refractivity contribution is -0.384. The highest BCUT2D eigenvalue weighted by Gasteiger charge is 2.22. The van der Waals surface area contributed by atoms with E-state index in [4.69, 9.17) is 21.3 Å². The molecule has 0 fully saturated rings. The number of halogens is 1. The first-order chi connectivity index (χ1) is 17.4. The summed E-state index contributed by atoms with van der Waals surface area (Å²) in [6.45, 7) is 1.92. The van der Waals surface area contributed by atoms with E-state index in [1.165, 1.54) is 23.5 Å². The number of fused-ring (bicyclic) bond motifs is 1. The molecular weight excluding hydrogens is 498 g/mol. The third-order valence-corrected chi connectivity index (χ3v) is 7.17. The van der Waals surface area contributed by atoms with Crippen LogP contribution < -0.4 is 4.74 Å². The maximum atomic E-state index is 13.5. The van der Waals surface area contributed by atoms with Crippen LogP contribution in [0.3, 0.4) is 0 Å². The first-order valence-electron chi connectivity index (χ1n) is 11.0. The Morgan fingerprint density at radius 2 is 1.92 bits per heavy atom. The van der Waals surface area contributed by atoms with Crippen LogP contribution in [-0.2, 0) is 6.42 Å². The summed E-state index contributed by atoms with van der Waals surface area (Å²) in [6, 6.07) is 18.9. The van der Waals surface area contributed by atoms with Crippen molar-refractivity contribution in [1.82, 2.24) is 9.55 Å². The van der Waals surface area contributed by atoms with Crippen LogP contribution in [0.15, 0.2) is 72.1 Å². The van der Waals surface area contributed by atoms with Gasteiger partial charge < -0.3 is 4.74 Å². The van der Waals surface area contributed by atoms with Crippen LogP contribution in [0, 0.1) is 17.0 Å². The zero-order chi connectivity index (χ0) is 25.4. The molecule has 0 unspecified atom stereocenters. The number of thiazole rings is 1. The van der Waals surface area contributed by atoms with Gasteiger partial charge in [-0.2, -0.15) is 0 Å². The molecule has 36 heavy (non-hydrogen) atoms. The molecule has 7 nitrogen and oxygen atoms in total. The maximum Gasteiger partial charge on any atom is 0.270 e. The molecule has 5 aromatic rings. The zero-order valence-electron chi connectivity index (χ0n) is 19.4. The van der Waals surface area contributed by atoms with E-state index in [0.717, 1.165) is 27.2 Å². The zero-order valence-corrected chi connectivity index (χ0v) is 21.0. The standard InChI is InChI=1S/C27H20ClN3O4S/c1-16-22(14-26-29-24(15-36-26)18-4-3-5-20(12-18)31(33)34)23-13-21(35-2)10-11-25(23)30(16)27(32)17-6-8-19(28)9-7-17/h3-13,15H,14H2,1-2H3. The van der Waals surface area contributed by atoms with Crippen molar-refractivity contribution in [3.8, 4) is 17.0 Å². The number of carbonyl (C=O) groups is 1. The number of aromatic nitrogens is 2. The molecule has 9 heteroatoms. The molecule has 5 rings (SSSR count). The molecule has 180 valence electrons. The van der Waals surface area contributed by atoms with Gasteiger partial charge in [0.05, 0.1) is 28.3 Å². The van der Waals surface area contributed by atoms with Gasteiger partial charge in [0.15, 0.2) is 0 Å². The van der Waals surface area contributed by atoms with Gasteiger partial charge in [0, 0.05) is 51.2 Å². The van der Waals surface area contributed by atoms with Crippen molar-refractivity contribution >= 4 is 45.4 Å². The number of carbonyl (C=O) groups excluding carboxylic acids is 1. The molecule has 0 aliphatic rings. The lowest BCUT2D eigenvalue weighted by Crippen LogP contribution is -2.13. The number of non-ortho nitro benzene ring substituents is 1. The van der Waals surface area contributed by atoms with Crippen molar-refractivity contribution in [2.45, 2.75) is 13.3 Å². The third kappa shape index (κ3) is 4.36. The Balaban J connectivity index is 1.57. The van der Waals surface area contributed by atoms with E-state index in [-0.39, 0.29) is 11.6 Å². The third-order valence-electron chi connectivity index (χ3n) is 6.07. The van der Waals surface area contributed by atoms with E-state index in [0.29, 0.717) is 34.0 Å². The molecule has 0 bridgehead atoms. The molecule has 0 saturated heterocycles. The summed E-state index contributed by atoms with van der Waals surface area (Å²) in [5.74, 6) is 0.540. The van der Waals surface area contributed by atoms with Crippen LogP contribution in [0.25, 0.3) is 22.2 Å². The van der Waals surface area contributed by atoms with Crippen molar-refractivity contribution in [2.24, 2.45) is 0 Å². The highest BCUT2D eigenvalue weighted by molar-refractivity contribution is 7.10. The van der Waals surface area contributed by atoms with Crippen molar-refractivity contribution < 1.29 is 14.5 Å². The molecule has 0 aliphatic carbocycles. The van der Waals surface area contributed by atoms with Gasteiger partial charge in [-0.15, -0.1) is 11.3 Å². The van der Waals surface area contributed by atoms with Crippen molar-refractivity contribution in [3.63, 3.8) is 0 Å². The largest absolute Gasteiger partial charge is 0.497 e. The van der Waals surface area contributed by atoms with Crippen LogP contribution in [0.4, 0.5) is 5.69 Å². The maximum absolute atomic E-state index is 13.5. The summed E-state index contributed by atoms with van der Waals surface area (Å²) in [4.78, 5) is 29.0. The van der Waals surface area contributed by atoms with E-state index in [1.54, 1.807) is 48.1 Å². The lowest BCUT2D eigenvalue weighted by atomic mass is 10.1. The normalized spacial score (nSPS) is 11.1. The molecule has 0 saturated carbocycles. The number of hydrogen-bond donors (Lipinski definition) is 0. The Hall–Kier alpha value is -4.01. The topological polar surface area (TPSA) is 87.3 Å². The van der Waals surface area contributed by atoms with Crippen LogP contribution in [0.5, 0.6) is 5.75 Å². The fourth-order valence-electron chi connectivity index (χ4n) is 4.25. The van der Waals surface area contributed by atoms with Gasteiger partial charge in [-0.1, -0.05) is 23.7 Å². The van der Waals surface area contributed by atoms with Crippen LogP contribution in [0.2, 0.25) is 5.02 Å². The second-order valence-electron chi connectivity index (χ2n) is 8.21. The first kappa shape index (κ1) is 23.7. The SMILES string of the molecule is COc1ccc2c(c1)c(Cc1nc(-c3cccc([N+](=O)[O-])c3)cs1)c(C)n2C(=O)c1ccc(Cl)cc1. The minimum Gasteiger partial charge on any atom is -0.497 e. The van der Waals surface area contributed by atoms with Gasteiger partial charge in [-0.05, 0) is 55.0 Å². The molecule has 0 radical (unpaired) electrons. The number of nitrogens with zero attached hydrogens (tertiary/aromatic N) is 3. The number of nitro groups is 1. The fraction of sp³-hybridized carbons (Fsp3) is 0.111. The Morgan fingerprint density at radius 3 is 2.64 bits per heavy atom. The monoisotopic (exact) mass is 517 g/mol. The predicted molar refractivity (Wildman–Crippen MR) is 141 cm³/mol. The summed E-state index contributed by atoms with van der Waals surface area (Å²) >= 11 is 7.49. The van der Waals surface area contributed by atoms with E-state index in [1.807, 2.05) is 30.5 Å². The minimum absolute atomic E-state index is 0.0220. The predicted octanol–water partition coefficient (Wildman–Crippen LogP) is 6.92. The summed E-state index contributed by atoms with van der Waals surface area (Å²) in [7, 11) is 1.61. The molecule has 0 spiro atoms. The molecule has 2 heterocycles. The van der Waals surface area contributed by atoms with E-state index in [2.05, 4.69) is 0 Å². The Morgan fingerprint density at radius 1 is 1.14 bits per heavy atom. The fourth-order valence-corrected chi connectivity index (χ4v) is 5.19. The average Bonchev–Trinajstić information content (AvgIpc) is 3.46. The summed E-state index contributed by atoms with van der Waals surface area (Å²) in [6.07, 6.45) is 0.496. The Kier molecular flexibility index (Phi) is 6.30. The second kappa shape index (κ2) is 9.56. The molecule has 0 amide bonds. The van der Waals surface area contributed by atoms with E-state index < -0.39 is 4.92 Å². The van der Waals surface area contributed by atoms with Gasteiger partial charge in [0.1, 0.15) is 5.75 Å². The summed E-state index contributed by atoms with van der Waals surface area (Å²) in [5.41, 5.74) is 4.47. The molecule has 0 aliphatic heterocycles. The summed E-state index contributed by atoms with van der Waals surface area (Å²) < 4.78 is 7.16. The number of rotatable bonds is 6. The Labute approximate surface area is 215 Å². The van der Waals surface area contributed by atoms with Crippen molar-refractivity contribution in [3.05, 3.63) is 109 Å². The van der Waals surface area contributed by atoms with Gasteiger partial charge in [-0.3, -0.25) is 19.5 Å². The number of hydrogen-bond acceptors (Lipinski definition) is 6. The molecule has 2 aromatic heterocycles. The molecule has 0 atom stereocenters. The highest BCUT2D eigenvalue weighted by atomic mass is 35.5. The number of methoxy groups -OCH3 is 1. The smallest absolute Gasteiger partial charge is 0.270 e. The van der Waals surface area contributed by atoms with Gasteiger partial charge >= 0.3 is 0 Å². The van der Waals surface area contributed by atoms with Gasteiger partial charge in [0.2, 0.25) is 0 Å².